The number of rotatable bonds is 3. The van der Waals surface area contributed by atoms with Crippen LogP contribution in [0.2, 0.25) is 0 Å². The Morgan fingerprint density at radius 3 is 2.79 bits per heavy atom. The maximum Gasteiger partial charge on any atom is 0.336 e. The van der Waals surface area contributed by atoms with Gasteiger partial charge in [-0.15, -0.1) is 0 Å². The second kappa shape index (κ2) is 5.62. The monoisotopic (exact) mass is 226 g/mol. The Balaban J connectivity index is 0.00000169. The fourth-order valence-corrected chi connectivity index (χ4v) is 1.86. The highest BCUT2D eigenvalue weighted by atomic mass is 32.2. The minimum atomic E-state index is -4.06. The SMILES string of the molecule is C.CCOC1CN(S(=O)(=O)O)CCN1. The minimum Gasteiger partial charge on any atom is -0.362 e. The van der Waals surface area contributed by atoms with Crippen LogP contribution in [0.25, 0.3) is 0 Å². The molecular weight excluding hydrogens is 208 g/mol. The second-order valence-electron chi connectivity index (χ2n) is 2.73. The van der Waals surface area contributed by atoms with E-state index in [0.717, 1.165) is 4.31 Å². The van der Waals surface area contributed by atoms with Gasteiger partial charge in [0.25, 0.3) is 0 Å². The van der Waals surface area contributed by atoms with Crippen LogP contribution in [0.1, 0.15) is 14.4 Å². The van der Waals surface area contributed by atoms with Crippen molar-refractivity contribution in [2.45, 2.75) is 20.6 Å². The van der Waals surface area contributed by atoms with Crippen molar-refractivity contribution in [3.8, 4) is 0 Å². The largest absolute Gasteiger partial charge is 0.362 e. The van der Waals surface area contributed by atoms with E-state index < -0.39 is 10.3 Å². The quantitative estimate of drug-likeness (QED) is 0.646. The van der Waals surface area contributed by atoms with E-state index >= 15 is 0 Å². The van der Waals surface area contributed by atoms with Gasteiger partial charge in [0.05, 0.1) is 6.54 Å². The zero-order valence-electron chi connectivity index (χ0n) is 7.43. The van der Waals surface area contributed by atoms with E-state index in [-0.39, 0.29) is 26.7 Å². The standard InChI is InChI=1S/C6H14N2O4S.CH4/c1-2-12-6-5-8(4-3-7-6)13(9,10)11;/h6-7H,2-5H2,1H3,(H,9,10,11);1H4. The zero-order valence-corrected chi connectivity index (χ0v) is 8.25. The summed E-state index contributed by atoms with van der Waals surface area (Å²) < 4.78 is 36.4. The number of hydrogen-bond acceptors (Lipinski definition) is 4. The van der Waals surface area contributed by atoms with Crippen molar-refractivity contribution in [2.75, 3.05) is 26.2 Å². The first-order valence-electron chi connectivity index (χ1n) is 4.11. The van der Waals surface area contributed by atoms with E-state index in [9.17, 15) is 8.42 Å². The molecule has 1 fully saturated rings. The third-order valence-corrected chi connectivity index (χ3v) is 2.78. The number of nitrogens with zero attached hydrogens (tertiary/aromatic N) is 1. The summed E-state index contributed by atoms with van der Waals surface area (Å²) in [5.41, 5.74) is 0. The van der Waals surface area contributed by atoms with Crippen LogP contribution in [0.5, 0.6) is 0 Å². The molecular formula is C7H18N2O4S. The molecule has 0 spiro atoms. The Hall–Kier alpha value is -0.210. The highest BCUT2D eigenvalue weighted by Crippen LogP contribution is 2.04. The average Bonchev–Trinajstić information content (AvgIpc) is 2.04. The molecule has 7 heteroatoms. The molecule has 0 saturated carbocycles. The van der Waals surface area contributed by atoms with E-state index in [1.807, 2.05) is 6.92 Å². The van der Waals surface area contributed by atoms with Gasteiger partial charge in [0.1, 0.15) is 6.23 Å². The lowest BCUT2D eigenvalue weighted by molar-refractivity contribution is 0.00910. The van der Waals surface area contributed by atoms with E-state index in [1.54, 1.807) is 0 Å². The molecule has 1 heterocycles. The number of ether oxygens (including phenoxy) is 1. The van der Waals surface area contributed by atoms with Crippen LogP contribution in [0.4, 0.5) is 0 Å². The van der Waals surface area contributed by atoms with E-state index in [4.69, 9.17) is 9.29 Å². The zero-order chi connectivity index (χ0) is 9.90. The Labute approximate surface area is 85.1 Å². The van der Waals surface area contributed by atoms with Crippen molar-refractivity contribution in [2.24, 2.45) is 0 Å². The molecule has 0 aromatic carbocycles. The molecule has 14 heavy (non-hydrogen) atoms. The third-order valence-electron chi connectivity index (χ3n) is 1.80. The summed E-state index contributed by atoms with van der Waals surface area (Å²) in [5, 5.41) is 2.98. The van der Waals surface area contributed by atoms with Crippen LogP contribution in [-0.4, -0.2) is 49.7 Å². The maximum absolute atomic E-state index is 10.7. The highest BCUT2D eigenvalue weighted by Gasteiger charge is 2.26. The molecule has 1 aliphatic heterocycles. The Morgan fingerprint density at radius 2 is 2.29 bits per heavy atom. The van der Waals surface area contributed by atoms with Gasteiger partial charge in [-0.2, -0.15) is 12.7 Å². The fourth-order valence-electron chi connectivity index (χ4n) is 1.21. The summed E-state index contributed by atoms with van der Waals surface area (Å²) in [5.74, 6) is 0. The van der Waals surface area contributed by atoms with Gasteiger partial charge in [-0.1, -0.05) is 7.43 Å². The van der Waals surface area contributed by atoms with Crippen LogP contribution in [0.3, 0.4) is 0 Å². The molecule has 0 radical (unpaired) electrons. The van der Waals surface area contributed by atoms with Crippen molar-refractivity contribution in [1.29, 1.82) is 0 Å². The Kier molecular flexibility index (Phi) is 5.53. The molecule has 2 N–H and O–H groups in total. The predicted molar refractivity (Wildman–Crippen MR) is 53.3 cm³/mol. The van der Waals surface area contributed by atoms with Gasteiger partial charge in [-0.05, 0) is 6.92 Å². The molecule has 0 aliphatic carbocycles. The summed E-state index contributed by atoms with van der Waals surface area (Å²) in [6.45, 7) is 3.27. The first-order valence-corrected chi connectivity index (χ1v) is 5.51. The summed E-state index contributed by atoms with van der Waals surface area (Å²) in [6, 6.07) is 0. The van der Waals surface area contributed by atoms with E-state index in [1.165, 1.54) is 0 Å². The van der Waals surface area contributed by atoms with Gasteiger partial charge in [0.2, 0.25) is 0 Å². The topological polar surface area (TPSA) is 78.9 Å². The molecule has 0 aromatic rings. The minimum absolute atomic E-state index is 0. The predicted octanol–water partition coefficient (Wildman–Crippen LogP) is -0.307. The van der Waals surface area contributed by atoms with Gasteiger partial charge >= 0.3 is 10.3 Å². The van der Waals surface area contributed by atoms with Crippen LogP contribution < -0.4 is 5.32 Å². The fraction of sp³-hybridized carbons (Fsp3) is 1.00. The van der Waals surface area contributed by atoms with Gasteiger partial charge in [-0.25, -0.2) is 0 Å². The molecule has 0 amide bonds. The van der Waals surface area contributed by atoms with Gasteiger partial charge in [-0.3, -0.25) is 9.87 Å². The second-order valence-corrected chi connectivity index (χ2v) is 4.15. The summed E-state index contributed by atoms with van der Waals surface area (Å²) in [4.78, 5) is 0. The summed E-state index contributed by atoms with van der Waals surface area (Å²) in [6.07, 6.45) is -0.319. The number of piperazine rings is 1. The van der Waals surface area contributed by atoms with Gasteiger partial charge in [0.15, 0.2) is 0 Å². The first-order chi connectivity index (χ1) is 6.04. The maximum atomic E-state index is 10.7. The van der Waals surface area contributed by atoms with E-state index in [2.05, 4.69) is 5.32 Å². The van der Waals surface area contributed by atoms with Crippen molar-refractivity contribution >= 4 is 10.3 Å². The molecule has 1 aliphatic rings. The van der Waals surface area contributed by atoms with Crippen molar-refractivity contribution in [3.63, 3.8) is 0 Å². The molecule has 6 nitrogen and oxygen atoms in total. The number of nitrogens with one attached hydrogen (secondary N) is 1. The lowest BCUT2D eigenvalue weighted by Crippen LogP contribution is -2.53. The molecule has 1 rings (SSSR count). The normalized spacial score (nSPS) is 24.3. The molecule has 1 saturated heterocycles. The van der Waals surface area contributed by atoms with Crippen LogP contribution in [0.15, 0.2) is 0 Å². The summed E-state index contributed by atoms with van der Waals surface area (Å²) >= 11 is 0. The van der Waals surface area contributed by atoms with Gasteiger partial charge in [0, 0.05) is 19.7 Å². The summed E-state index contributed by atoms with van der Waals surface area (Å²) in [7, 11) is -4.06. The van der Waals surface area contributed by atoms with Crippen LogP contribution in [-0.2, 0) is 15.0 Å². The Bertz CT molecular complexity index is 252. The lowest BCUT2D eigenvalue weighted by Gasteiger charge is -2.30. The van der Waals surface area contributed by atoms with E-state index in [0.29, 0.717) is 13.2 Å². The molecule has 0 aromatic heterocycles. The third kappa shape index (κ3) is 3.89. The molecule has 86 valence electrons. The molecule has 1 unspecified atom stereocenters. The van der Waals surface area contributed by atoms with Crippen LogP contribution >= 0.6 is 0 Å². The van der Waals surface area contributed by atoms with Crippen LogP contribution in [0, 0.1) is 0 Å². The highest BCUT2D eigenvalue weighted by molar-refractivity contribution is 7.83. The molecule has 0 bridgehead atoms. The number of hydrogen-bond donors (Lipinski definition) is 2. The van der Waals surface area contributed by atoms with Crippen molar-refractivity contribution in [3.05, 3.63) is 0 Å². The lowest BCUT2D eigenvalue weighted by atomic mass is 10.4. The first kappa shape index (κ1) is 13.8. The van der Waals surface area contributed by atoms with Gasteiger partial charge < -0.3 is 4.74 Å². The Morgan fingerprint density at radius 1 is 1.64 bits per heavy atom. The smallest absolute Gasteiger partial charge is 0.336 e. The average molecular weight is 226 g/mol. The van der Waals surface area contributed by atoms with Crippen molar-refractivity contribution in [1.82, 2.24) is 9.62 Å². The molecule has 1 atom stereocenters. The van der Waals surface area contributed by atoms with Crippen molar-refractivity contribution < 1.29 is 17.7 Å².